The van der Waals surface area contributed by atoms with Crippen LogP contribution in [0.1, 0.15) is 38.5 Å². The van der Waals surface area contributed by atoms with Gasteiger partial charge in [-0.05, 0) is 30.9 Å². The van der Waals surface area contributed by atoms with Crippen molar-refractivity contribution in [2.24, 2.45) is 11.7 Å². The minimum atomic E-state index is -0.676. The average Bonchev–Trinajstić information content (AvgIpc) is 2.87. The van der Waals surface area contributed by atoms with Crippen LogP contribution in [0.3, 0.4) is 0 Å². The van der Waals surface area contributed by atoms with Crippen molar-refractivity contribution in [1.82, 2.24) is 10.1 Å². The van der Waals surface area contributed by atoms with Crippen LogP contribution in [0.4, 0.5) is 8.78 Å². The first-order valence-electron chi connectivity index (χ1n) is 7.06. The van der Waals surface area contributed by atoms with Gasteiger partial charge in [0.2, 0.25) is 11.7 Å². The molecule has 2 atom stereocenters. The minimum absolute atomic E-state index is 0.159. The third-order valence-electron chi connectivity index (χ3n) is 4.01. The molecule has 0 radical (unpaired) electrons. The highest BCUT2D eigenvalue weighted by Crippen LogP contribution is 2.37. The van der Waals surface area contributed by atoms with E-state index in [-0.39, 0.29) is 11.4 Å². The second-order valence-electron chi connectivity index (χ2n) is 5.94. The molecule has 1 aromatic heterocycles. The molecule has 0 aliphatic heterocycles. The van der Waals surface area contributed by atoms with Gasteiger partial charge in [0, 0.05) is 11.6 Å². The fourth-order valence-corrected chi connectivity index (χ4v) is 3.01. The molecule has 2 aromatic rings. The molecule has 3 rings (SSSR count). The predicted octanol–water partition coefficient (Wildman–Crippen LogP) is 3.38. The van der Waals surface area contributed by atoms with Gasteiger partial charge >= 0.3 is 0 Å². The number of nitrogens with two attached hydrogens (primary N) is 1. The van der Waals surface area contributed by atoms with Crippen LogP contribution in [-0.4, -0.2) is 10.1 Å². The Bertz CT molecular complexity index is 638. The minimum Gasteiger partial charge on any atom is -0.337 e. The fourth-order valence-electron chi connectivity index (χ4n) is 3.01. The number of benzene rings is 1. The molecule has 1 fully saturated rings. The van der Waals surface area contributed by atoms with Crippen molar-refractivity contribution in [1.29, 1.82) is 0 Å². The first kappa shape index (κ1) is 14.1. The molecule has 1 aromatic carbocycles. The predicted molar refractivity (Wildman–Crippen MR) is 73.1 cm³/mol. The van der Waals surface area contributed by atoms with Gasteiger partial charge in [-0.3, -0.25) is 0 Å². The number of aromatic nitrogens is 2. The van der Waals surface area contributed by atoms with Crippen molar-refractivity contribution in [2.75, 3.05) is 0 Å². The summed E-state index contributed by atoms with van der Waals surface area (Å²) in [6.07, 6.45) is 3.68. The average molecular weight is 293 g/mol. The zero-order chi connectivity index (χ0) is 15.0. The summed E-state index contributed by atoms with van der Waals surface area (Å²) < 4.78 is 31.8. The first-order chi connectivity index (χ1) is 9.96. The number of halogens is 2. The summed E-state index contributed by atoms with van der Waals surface area (Å²) in [5.41, 5.74) is 5.98. The molecule has 0 bridgehead atoms. The number of nitrogens with zero attached hydrogens (tertiary/aromatic N) is 2. The number of hydrogen-bond acceptors (Lipinski definition) is 4. The zero-order valence-corrected chi connectivity index (χ0v) is 11.8. The van der Waals surface area contributed by atoms with Gasteiger partial charge in [0.1, 0.15) is 11.6 Å². The summed E-state index contributed by atoms with van der Waals surface area (Å²) in [5.74, 6) is -0.360. The maximum absolute atomic E-state index is 13.3. The molecular weight excluding hydrogens is 276 g/mol. The van der Waals surface area contributed by atoms with Gasteiger partial charge in [-0.2, -0.15) is 4.98 Å². The van der Waals surface area contributed by atoms with E-state index in [2.05, 4.69) is 17.1 Å². The molecule has 0 amide bonds. The van der Waals surface area contributed by atoms with E-state index in [9.17, 15) is 8.78 Å². The Labute approximate surface area is 121 Å². The molecule has 6 heteroatoms. The molecule has 4 nitrogen and oxygen atoms in total. The van der Waals surface area contributed by atoms with E-state index in [1.165, 1.54) is 12.1 Å². The summed E-state index contributed by atoms with van der Waals surface area (Å²) in [6, 6.07) is 3.15. The Kier molecular flexibility index (Phi) is 3.49. The zero-order valence-electron chi connectivity index (χ0n) is 11.8. The quantitative estimate of drug-likeness (QED) is 0.922. The van der Waals surface area contributed by atoms with Crippen LogP contribution in [-0.2, 0) is 5.54 Å². The van der Waals surface area contributed by atoms with Gasteiger partial charge in [0.15, 0.2) is 0 Å². The molecule has 0 spiro atoms. The van der Waals surface area contributed by atoms with Crippen molar-refractivity contribution >= 4 is 0 Å². The second kappa shape index (κ2) is 5.18. The smallest absolute Gasteiger partial charge is 0.247 e. The SMILES string of the molecule is CC1CCCC(N)(c2nc(-c3cc(F)cc(F)c3)no2)C1. The Morgan fingerprint density at radius 1 is 1.29 bits per heavy atom. The summed E-state index contributed by atoms with van der Waals surface area (Å²) in [4.78, 5) is 4.26. The van der Waals surface area contributed by atoms with Crippen LogP contribution in [0.2, 0.25) is 0 Å². The van der Waals surface area contributed by atoms with Crippen LogP contribution in [0.5, 0.6) is 0 Å². The lowest BCUT2D eigenvalue weighted by Gasteiger charge is -2.33. The normalized spacial score (nSPS) is 26.0. The van der Waals surface area contributed by atoms with Crippen molar-refractivity contribution in [3.8, 4) is 11.4 Å². The maximum Gasteiger partial charge on any atom is 0.247 e. The third-order valence-corrected chi connectivity index (χ3v) is 4.01. The fraction of sp³-hybridized carbons (Fsp3) is 0.467. The van der Waals surface area contributed by atoms with Gasteiger partial charge in [0.05, 0.1) is 5.54 Å². The first-order valence-corrected chi connectivity index (χ1v) is 7.06. The summed E-state index contributed by atoms with van der Waals surface area (Å²) in [6.45, 7) is 2.14. The molecule has 21 heavy (non-hydrogen) atoms. The molecule has 1 aliphatic rings. The van der Waals surface area contributed by atoms with Gasteiger partial charge in [-0.15, -0.1) is 0 Å². The molecule has 1 aliphatic carbocycles. The lowest BCUT2D eigenvalue weighted by molar-refractivity contribution is 0.183. The Balaban J connectivity index is 1.92. The monoisotopic (exact) mass is 293 g/mol. The Hall–Kier alpha value is -1.82. The van der Waals surface area contributed by atoms with E-state index in [0.717, 1.165) is 31.7 Å². The van der Waals surface area contributed by atoms with Gasteiger partial charge in [-0.25, -0.2) is 8.78 Å². The third kappa shape index (κ3) is 2.81. The highest BCUT2D eigenvalue weighted by Gasteiger charge is 2.37. The molecule has 2 unspecified atom stereocenters. The van der Waals surface area contributed by atoms with Crippen molar-refractivity contribution < 1.29 is 13.3 Å². The maximum atomic E-state index is 13.3. The van der Waals surface area contributed by atoms with Crippen LogP contribution in [0.15, 0.2) is 22.7 Å². The second-order valence-corrected chi connectivity index (χ2v) is 5.94. The van der Waals surface area contributed by atoms with Crippen LogP contribution in [0.25, 0.3) is 11.4 Å². The molecular formula is C15H17F2N3O. The summed E-state index contributed by atoms with van der Waals surface area (Å²) >= 11 is 0. The summed E-state index contributed by atoms with van der Waals surface area (Å²) in [7, 11) is 0. The number of rotatable bonds is 2. The highest BCUT2D eigenvalue weighted by atomic mass is 19.1. The standard InChI is InChI=1S/C15H17F2N3O/c1-9-3-2-4-15(18,8-9)14-19-13(20-21-14)10-5-11(16)7-12(17)6-10/h5-7,9H,2-4,8,18H2,1H3. The van der Waals surface area contributed by atoms with Crippen LogP contribution < -0.4 is 5.73 Å². The van der Waals surface area contributed by atoms with E-state index in [0.29, 0.717) is 11.8 Å². The summed E-state index contributed by atoms with van der Waals surface area (Å²) in [5, 5.41) is 3.81. The Morgan fingerprint density at radius 3 is 2.67 bits per heavy atom. The van der Waals surface area contributed by atoms with E-state index < -0.39 is 17.2 Å². The molecule has 1 heterocycles. The number of hydrogen-bond donors (Lipinski definition) is 1. The molecule has 0 saturated heterocycles. The lowest BCUT2D eigenvalue weighted by atomic mass is 9.77. The van der Waals surface area contributed by atoms with Crippen LogP contribution >= 0.6 is 0 Å². The van der Waals surface area contributed by atoms with E-state index in [4.69, 9.17) is 10.3 Å². The topological polar surface area (TPSA) is 64.9 Å². The molecule has 112 valence electrons. The lowest BCUT2D eigenvalue weighted by Crippen LogP contribution is -2.41. The van der Waals surface area contributed by atoms with Crippen LogP contribution in [0, 0.1) is 17.6 Å². The van der Waals surface area contributed by atoms with Gasteiger partial charge in [-0.1, -0.05) is 24.9 Å². The van der Waals surface area contributed by atoms with Gasteiger partial charge in [0.25, 0.3) is 0 Å². The molecule has 1 saturated carbocycles. The van der Waals surface area contributed by atoms with E-state index >= 15 is 0 Å². The van der Waals surface area contributed by atoms with Gasteiger partial charge < -0.3 is 10.3 Å². The largest absolute Gasteiger partial charge is 0.337 e. The van der Waals surface area contributed by atoms with E-state index in [1.807, 2.05) is 0 Å². The highest BCUT2D eigenvalue weighted by molar-refractivity contribution is 5.54. The van der Waals surface area contributed by atoms with Crippen molar-refractivity contribution in [3.05, 3.63) is 35.7 Å². The Morgan fingerprint density at radius 2 is 2.00 bits per heavy atom. The molecule has 2 N–H and O–H groups in total. The van der Waals surface area contributed by atoms with Crippen molar-refractivity contribution in [2.45, 2.75) is 38.1 Å². The van der Waals surface area contributed by atoms with Crippen molar-refractivity contribution in [3.63, 3.8) is 0 Å². The van der Waals surface area contributed by atoms with E-state index in [1.54, 1.807) is 0 Å².